The molecule has 2 aliphatic rings. The first-order valence-corrected chi connectivity index (χ1v) is 10.6. The van der Waals surface area contributed by atoms with Crippen LogP contribution in [0.15, 0.2) is 52.4 Å². The Morgan fingerprint density at radius 2 is 1.90 bits per heavy atom. The maximum atomic E-state index is 12.3. The Kier molecular flexibility index (Phi) is 5.74. The van der Waals surface area contributed by atoms with E-state index in [1.807, 2.05) is 12.1 Å². The summed E-state index contributed by atoms with van der Waals surface area (Å²) in [6.07, 6.45) is 4.30. The lowest BCUT2D eigenvalue weighted by Gasteiger charge is -2.20. The molecule has 0 aliphatic carbocycles. The summed E-state index contributed by atoms with van der Waals surface area (Å²) in [6.45, 7) is 4.29. The first-order valence-electron chi connectivity index (χ1n) is 9.45. The monoisotopic (exact) mass is 425 g/mol. The molecule has 1 N–H and O–H groups in total. The zero-order chi connectivity index (χ0) is 20.4. The van der Waals surface area contributed by atoms with Crippen molar-refractivity contribution in [1.82, 2.24) is 5.32 Å². The Morgan fingerprint density at radius 3 is 2.59 bits per heavy atom. The Hall–Kier alpha value is -2.57. The average Bonchev–Trinajstić information content (AvgIpc) is 3.33. The van der Waals surface area contributed by atoms with Crippen LogP contribution in [0.3, 0.4) is 0 Å². The van der Waals surface area contributed by atoms with Crippen LogP contribution in [-0.4, -0.2) is 30.1 Å². The number of nitrogens with zero attached hydrogens (tertiary/aromatic N) is 2. The summed E-state index contributed by atoms with van der Waals surface area (Å²) in [7, 11) is 0. The highest BCUT2D eigenvalue weighted by molar-refractivity contribution is 8.18. The van der Waals surface area contributed by atoms with Crippen molar-refractivity contribution in [3.8, 4) is 0 Å². The van der Waals surface area contributed by atoms with Gasteiger partial charge in [0, 0.05) is 29.4 Å². The van der Waals surface area contributed by atoms with Gasteiger partial charge in [0.2, 0.25) is 0 Å². The van der Waals surface area contributed by atoms with Gasteiger partial charge in [0.15, 0.2) is 5.17 Å². The number of aryl methyl sites for hydroxylation is 1. The Balaban J connectivity index is 1.50. The number of hydrogen-bond donors (Lipinski definition) is 1. The second-order valence-electron chi connectivity index (χ2n) is 7.03. The number of thioether (sulfide) groups is 1. The third kappa shape index (κ3) is 4.54. The highest BCUT2D eigenvalue weighted by atomic mass is 35.5. The summed E-state index contributed by atoms with van der Waals surface area (Å²) >= 11 is 7.01. The molecule has 2 saturated heterocycles. The molecule has 0 radical (unpaired) electrons. The molecule has 0 spiro atoms. The minimum absolute atomic E-state index is 0.251. The lowest BCUT2D eigenvalue weighted by atomic mass is 10.1. The van der Waals surface area contributed by atoms with Crippen LogP contribution in [0.25, 0.3) is 6.08 Å². The van der Waals surface area contributed by atoms with E-state index in [9.17, 15) is 9.59 Å². The largest absolute Gasteiger partial charge is 0.371 e. The van der Waals surface area contributed by atoms with E-state index < -0.39 is 5.91 Å². The minimum Gasteiger partial charge on any atom is -0.371 e. The molecular formula is C22H20ClN3O2S. The molecule has 7 heteroatoms. The van der Waals surface area contributed by atoms with Crippen LogP contribution in [0.4, 0.5) is 5.69 Å². The van der Waals surface area contributed by atoms with Crippen molar-refractivity contribution in [2.24, 2.45) is 4.99 Å². The van der Waals surface area contributed by atoms with Gasteiger partial charge < -0.3 is 10.2 Å². The van der Waals surface area contributed by atoms with Crippen LogP contribution >= 0.6 is 23.4 Å². The van der Waals surface area contributed by atoms with Crippen molar-refractivity contribution in [3.63, 3.8) is 0 Å². The number of amides is 2. The van der Waals surface area contributed by atoms with Gasteiger partial charge in [0.1, 0.15) is 0 Å². The number of anilines is 1. The van der Waals surface area contributed by atoms with Crippen LogP contribution in [0.1, 0.15) is 34.3 Å². The summed E-state index contributed by atoms with van der Waals surface area (Å²) in [5, 5.41) is 3.49. The number of nitrogens with one attached hydrogen (secondary N) is 1. The molecule has 2 heterocycles. The van der Waals surface area contributed by atoms with E-state index in [0.29, 0.717) is 15.5 Å². The average molecular weight is 426 g/mol. The molecule has 2 aromatic carbocycles. The van der Waals surface area contributed by atoms with E-state index >= 15 is 0 Å². The van der Waals surface area contributed by atoms with Crippen molar-refractivity contribution in [3.05, 3.63) is 69.1 Å². The quantitative estimate of drug-likeness (QED) is 0.727. The first-order chi connectivity index (χ1) is 14.0. The number of rotatable bonds is 3. The molecule has 148 valence electrons. The standard InChI is InChI=1S/C22H20ClN3O2S/c1-14-12-15(4-9-18(14)26-10-2-3-11-26)13-19-21(28)25-22(29-19)24-20(27)16-5-7-17(23)8-6-16/h4-9,12-13H,2-3,10-11H2,1H3,(H,24,25,27,28)/b19-13-. The van der Waals surface area contributed by atoms with E-state index in [0.717, 1.165) is 18.7 Å². The van der Waals surface area contributed by atoms with Gasteiger partial charge in [-0.25, -0.2) is 0 Å². The number of carbonyl (C=O) groups excluding carboxylic acids is 2. The van der Waals surface area contributed by atoms with Crippen LogP contribution in [0.5, 0.6) is 0 Å². The molecule has 0 unspecified atom stereocenters. The number of amidine groups is 1. The fraction of sp³-hybridized carbons (Fsp3) is 0.227. The molecule has 29 heavy (non-hydrogen) atoms. The highest BCUT2D eigenvalue weighted by Crippen LogP contribution is 2.29. The molecule has 2 aliphatic heterocycles. The summed E-state index contributed by atoms with van der Waals surface area (Å²) in [4.78, 5) is 31.5. The van der Waals surface area contributed by atoms with Crippen LogP contribution in [0, 0.1) is 6.92 Å². The smallest absolute Gasteiger partial charge is 0.279 e. The molecular weight excluding hydrogens is 406 g/mol. The van der Waals surface area contributed by atoms with Gasteiger partial charge in [0.25, 0.3) is 11.8 Å². The lowest BCUT2D eigenvalue weighted by molar-refractivity contribution is -0.115. The molecule has 5 nitrogen and oxygen atoms in total. The van der Waals surface area contributed by atoms with Crippen molar-refractivity contribution in [2.75, 3.05) is 18.0 Å². The fourth-order valence-electron chi connectivity index (χ4n) is 3.46. The molecule has 4 rings (SSSR count). The van der Waals surface area contributed by atoms with Gasteiger partial charge in [-0.2, -0.15) is 4.99 Å². The number of carbonyl (C=O) groups is 2. The second kappa shape index (κ2) is 8.43. The number of hydrogen-bond acceptors (Lipinski definition) is 4. The fourth-order valence-corrected chi connectivity index (χ4v) is 4.41. The first kappa shape index (κ1) is 19.7. The van der Waals surface area contributed by atoms with E-state index in [1.165, 1.54) is 35.9 Å². The Morgan fingerprint density at radius 1 is 1.17 bits per heavy atom. The molecule has 2 fully saturated rings. The van der Waals surface area contributed by atoms with Gasteiger partial charge in [-0.05, 0) is 85.1 Å². The van der Waals surface area contributed by atoms with Gasteiger partial charge in [-0.3, -0.25) is 9.59 Å². The Bertz CT molecular complexity index is 1020. The molecule has 0 aromatic heterocycles. The van der Waals surface area contributed by atoms with Gasteiger partial charge in [0.05, 0.1) is 4.91 Å². The summed E-state index contributed by atoms with van der Waals surface area (Å²) in [5.41, 5.74) is 3.82. The minimum atomic E-state index is -0.420. The van der Waals surface area contributed by atoms with E-state index in [1.54, 1.807) is 24.3 Å². The normalized spacial score (nSPS) is 19.2. The van der Waals surface area contributed by atoms with Crippen molar-refractivity contribution >= 4 is 52.1 Å². The van der Waals surface area contributed by atoms with Gasteiger partial charge >= 0.3 is 0 Å². The predicted molar refractivity (Wildman–Crippen MR) is 120 cm³/mol. The maximum absolute atomic E-state index is 12.3. The zero-order valence-corrected chi connectivity index (χ0v) is 17.5. The predicted octanol–water partition coefficient (Wildman–Crippen LogP) is 4.65. The van der Waals surface area contributed by atoms with E-state index in [4.69, 9.17) is 11.6 Å². The SMILES string of the molecule is Cc1cc(/C=C2\SC(=NC(=O)c3ccc(Cl)cc3)NC2=O)ccc1N1CCCC1. The molecule has 0 atom stereocenters. The Labute approximate surface area is 178 Å². The van der Waals surface area contributed by atoms with Crippen LogP contribution < -0.4 is 10.2 Å². The molecule has 0 bridgehead atoms. The van der Waals surface area contributed by atoms with Gasteiger partial charge in [-0.15, -0.1) is 0 Å². The third-order valence-electron chi connectivity index (χ3n) is 4.91. The summed E-state index contributed by atoms with van der Waals surface area (Å²) in [5.74, 6) is -0.671. The highest BCUT2D eigenvalue weighted by Gasteiger charge is 2.25. The summed E-state index contributed by atoms with van der Waals surface area (Å²) in [6, 6.07) is 12.7. The molecule has 0 saturated carbocycles. The molecule has 2 amide bonds. The van der Waals surface area contributed by atoms with E-state index in [-0.39, 0.29) is 11.1 Å². The number of halogens is 1. The second-order valence-corrected chi connectivity index (χ2v) is 8.50. The van der Waals surface area contributed by atoms with Crippen molar-refractivity contribution < 1.29 is 9.59 Å². The maximum Gasteiger partial charge on any atom is 0.279 e. The van der Waals surface area contributed by atoms with Crippen LogP contribution in [-0.2, 0) is 4.79 Å². The van der Waals surface area contributed by atoms with E-state index in [2.05, 4.69) is 34.3 Å². The summed E-state index contributed by atoms with van der Waals surface area (Å²) < 4.78 is 0. The third-order valence-corrected chi connectivity index (χ3v) is 6.07. The van der Waals surface area contributed by atoms with Gasteiger partial charge in [-0.1, -0.05) is 17.7 Å². The van der Waals surface area contributed by atoms with Crippen LogP contribution in [0.2, 0.25) is 5.02 Å². The van der Waals surface area contributed by atoms with Crippen molar-refractivity contribution in [1.29, 1.82) is 0 Å². The van der Waals surface area contributed by atoms with Crippen molar-refractivity contribution in [2.45, 2.75) is 19.8 Å². The lowest BCUT2D eigenvalue weighted by Crippen LogP contribution is -2.20. The molecule has 2 aromatic rings. The zero-order valence-electron chi connectivity index (χ0n) is 15.9. The number of aliphatic imine (C=N–C) groups is 1. The number of benzene rings is 2. The topological polar surface area (TPSA) is 61.8 Å².